The lowest BCUT2D eigenvalue weighted by molar-refractivity contribution is -0.150. The summed E-state index contributed by atoms with van der Waals surface area (Å²) in [6.45, 7) is 8.31. The van der Waals surface area contributed by atoms with Gasteiger partial charge in [-0.3, -0.25) is 9.59 Å². The largest absolute Gasteiger partial charge is 0.466 e. The summed E-state index contributed by atoms with van der Waals surface area (Å²) in [7, 11) is 4.10. The number of unbranched alkanes of at least 4 members (excludes halogenated alkanes) is 22. The highest BCUT2D eigenvalue weighted by Gasteiger charge is 2.16. The lowest BCUT2D eigenvalue weighted by Gasteiger charge is -2.18. The first-order chi connectivity index (χ1) is 23.9. The molecule has 5 heteroatoms. The molecular formula is C44H87NO4. The predicted molar refractivity (Wildman–Crippen MR) is 212 cm³/mol. The third-order valence-corrected chi connectivity index (χ3v) is 10.2. The Bertz CT molecular complexity index is 680. The van der Waals surface area contributed by atoms with Crippen LogP contribution in [0.5, 0.6) is 0 Å². The first kappa shape index (κ1) is 47.9. The van der Waals surface area contributed by atoms with Crippen molar-refractivity contribution < 1.29 is 19.1 Å². The molecule has 0 aromatic rings. The van der Waals surface area contributed by atoms with E-state index in [1.165, 1.54) is 161 Å². The second-order valence-corrected chi connectivity index (χ2v) is 15.6. The van der Waals surface area contributed by atoms with Gasteiger partial charge in [0.25, 0.3) is 0 Å². The molecule has 0 saturated carbocycles. The molecule has 0 aromatic heterocycles. The molecule has 0 saturated heterocycles. The fourth-order valence-electron chi connectivity index (χ4n) is 6.99. The molecule has 0 N–H and O–H groups in total. The first-order valence-electron chi connectivity index (χ1n) is 21.9. The van der Waals surface area contributed by atoms with Crippen LogP contribution in [0, 0.1) is 5.92 Å². The molecule has 0 aromatic carbocycles. The number of carbonyl (C=O) groups is 2. The zero-order valence-electron chi connectivity index (χ0n) is 34.0. The van der Waals surface area contributed by atoms with Crippen LogP contribution in [0.25, 0.3) is 0 Å². The van der Waals surface area contributed by atoms with Gasteiger partial charge >= 0.3 is 11.9 Å². The Balaban J connectivity index is 4.26. The standard InChI is InChI=1S/C44H87NO4/c1-6-9-12-15-18-19-24-29-35-42(49-43(46)37-32-38-45(4)5)36-30-25-20-21-26-31-39-48-44(47)40-41(33-27-22-16-13-10-7-2)34-28-23-17-14-11-8-3/h41-42H,6-40H2,1-5H3/t42-/m0/s1. The van der Waals surface area contributed by atoms with Crippen LogP contribution in [0.1, 0.15) is 233 Å². The van der Waals surface area contributed by atoms with Crippen molar-refractivity contribution in [2.45, 2.75) is 239 Å². The summed E-state index contributed by atoms with van der Waals surface area (Å²) in [6, 6.07) is 0. The van der Waals surface area contributed by atoms with E-state index in [1.54, 1.807) is 0 Å². The monoisotopic (exact) mass is 694 g/mol. The Labute approximate surface area is 307 Å². The highest BCUT2D eigenvalue weighted by molar-refractivity contribution is 5.69. The molecule has 292 valence electrons. The maximum absolute atomic E-state index is 12.7. The van der Waals surface area contributed by atoms with Gasteiger partial charge in [0.05, 0.1) is 6.61 Å². The third kappa shape index (κ3) is 36.5. The number of carbonyl (C=O) groups excluding carboxylic acids is 2. The van der Waals surface area contributed by atoms with E-state index in [1.807, 2.05) is 14.1 Å². The number of esters is 2. The van der Waals surface area contributed by atoms with Gasteiger partial charge in [-0.15, -0.1) is 0 Å². The van der Waals surface area contributed by atoms with Crippen LogP contribution in [0.4, 0.5) is 0 Å². The Morgan fingerprint density at radius 2 is 0.857 bits per heavy atom. The lowest BCUT2D eigenvalue weighted by Crippen LogP contribution is -2.20. The number of nitrogens with zero attached hydrogens (tertiary/aromatic N) is 1. The molecule has 0 aliphatic carbocycles. The van der Waals surface area contributed by atoms with Crippen molar-refractivity contribution in [3.63, 3.8) is 0 Å². The van der Waals surface area contributed by atoms with Crippen molar-refractivity contribution in [1.82, 2.24) is 4.90 Å². The number of hydrogen-bond acceptors (Lipinski definition) is 5. The van der Waals surface area contributed by atoms with Gasteiger partial charge in [0.1, 0.15) is 6.10 Å². The van der Waals surface area contributed by atoms with E-state index < -0.39 is 0 Å². The average Bonchev–Trinajstić information content (AvgIpc) is 3.07. The number of rotatable bonds is 39. The second kappa shape index (κ2) is 38.1. The predicted octanol–water partition coefficient (Wildman–Crippen LogP) is 13.6. The summed E-state index contributed by atoms with van der Waals surface area (Å²) in [5.74, 6) is 0.513. The maximum Gasteiger partial charge on any atom is 0.306 e. The average molecular weight is 694 g/mol. The fraction of sp³-hybridized carbons (Fsp3) is 0.955. The fourth-order valence-corrected chi connectivity index (χ4v) is 6.99. The minimum Gasteiger partial charge on any atom is -0.466 e. The zero-order valence-corrected chi connectivity index (χ0v) is 34.0. The minimum absolute atomic E-state index is 0.0166. The van der Waals surface area contributed by atoms with E-state index in [4.69, 9.17) is 9.47 Å². The summed E-state index contributed by atoms with van der Waals surface area (Å²) in [6.07, 6.45) is 39.5. The lowest BCUT2D eigenvalue weighted by atomic mass is 9.91. The van der Waals surface area contributed by atoms with Gasteiger partial charge in [-0.2, -0.15) is 0 Å². The molecule has 0 fully saturated rings. The smallest absolute Gasteiger partial charge is 0.306 e. The SMILES string of the molecule is CCCCCCCCCC[C@@H](CCCCCCCCOC(=O)CC(CCCCCCCC)CCCCCCCC)OC(=O)CCCN(C)C. The van der Waals surface area contributed by atoms with Crippen molar-refractivity contribution in [2.75, 3.05) is 27.2 Å². The Hall–Kier alpha value is -1.10. The van der Waals surface area contributed by atoms with Crippen LogP contribution in [0.15, 0.2) is 0 Å². The third-order valence-electron chi connectivity index (χ3n) is 10.2. The van der Waals surface area contributed by atoms with Gasteiger partial charge in [-0.25, -0.2) is 0 Å². The van der Waals surface area contributed by atoms with Crippen LogP contribution in [0.3, 0.4) is 0 Å². The van der Waals surface area contributed by atoms with E-state index >= 15 is 0 Å². The normalized spacial score (nSPS) is 12.2. The van der Waals surface area contributed by atoms with Gasteiger partial charge < -0.3 is 14.4 Å². The maximum atomic E-state index is 12.7. The molecule has 1 atom stereocenters. The van der Waals surface area contributed by atoms with Gasteiger partial charge in [-0.1, -0.05) is 168 Å². The van der Waals surface area contributed by atoms with Gasteiger partial charge in [-0.05, 0) is 77.9 Å². The Morgan fingerprint density at radius 3 is 1.29 bits per heavy atom. The molecule has 5 nitrogen and oxygen atoms in total. The van der Waals surface area contributed by atoms with E-state index in [2.05, 4.69) is 25.7 Å². The first-order valence-corrected chi connectivity index (χ1v) is 21.9. The summed E-state index contributed by atoms with van der Waals surface area (Å²) in [5.41, 5.74) is 0. The molecule has 0 aliphatic heterocycles. The topological polar surface area (TPSA) is 55.8 Å². The van der Waals surface area contributed by atoms with Crippen LogP contribution in [0.2, 0.25) is 0 Å². The van der Waals surface area contributed by atoms with Crippen molar-refractivity contribution in [3.8, 4) is 0 Å². The Kier molecular flexibility index (Phi) is 37.3. The quantitative estimate of drug-likeness (QED) is 0.0474. The van der Waals surface area contributed by atoms with Crippen LogP contribution < -0.4 is 0 Å². The van der Waals surface area contributed by atoms with E-state index in [9.17, 15) is 9.59 Å². The highest BCUT2D eigenvalue weighted by Crippen LogP contribution is 2.23. The second-order valence-electron chi connectivity index (χ2n) is 15.6. The van der Waals surface area contributed by atoms with E-state index in [0.717, 1.165) is 45.1 Å². The van der Waals surface area contributed by atoms with Gasteiger partial charge in [0, 0.05) is 12.8 Å². The molecular weight excluding hydrogens is 606 g/mol. The summed E-state index contributed by atoms with van der Waals surface area (Å²) < 4.78 is 11.7. The molecule has 0 rings (SSSR count). The molecule has 0 amide bonds. The van der Waals surface area contributed by atoms with Crippen LogP contribution in [-0.4, -0.2) is 50.2 Å². The minimum atomic E-state index is -0.0166. The van der Waals surface area contributed by atoms with Crippen molar-refractivity contribution in [3.05, 3.63) is 0 Å². The van der Waals surface area contributed by atoms with Gasteiger partial charge in [0.2, 0.25) is 0 Å². The zero-order chi connectivity index (χ0) is 36.0. The summed E-state index contributed by atoms with van der Waals surface area (Å²) >= 11 is 0. The Morgan fingerprint density at radius 1 is 0.469 bits per heavy atom. The molecule has 0 unspecified atom stereocenters. The van der Waals surface area contributed by atoms with Crippen molar-refractivity contribution in [2.24, 2.45) is 5.92 Å². The number of hydrogen-bond donors (Lipinski definition) is 0. The van der Waals surface area contributed by atoms with E-state index in [-0.39, 0.29) is 18.0 Å². The molecule has 0 radical (unpaired) electrons. The molecule has 0 spiro atoms. The molecule has 49 heavy (non-hydrogen) atoms. The van der Waals surface area contributed by atoms with Crippen LogP contribution >= 0.6 is 0 Å². The number of ether oxygens (including phenoxy) is 2. The van der Waals surface area contributed by atoms with Crippen molar-refractivity contribution in [1.29, 1.82) is 0 Å². The summed E-state index contributed by atoms with van der Waals surface area (Å²) in [4.78, 5) is 27.4. The molecule has 0 bridgehead atoms. The van der Waals surface area contributed by atoms with Crippen LogP contribution in [-0.2, 0) is 19.1 Å². The molecule has 0 aliphatic rings. The van der Waals surface area contributed by atoms with Gasteiger partial charge in [0.15, 0.2) is 0 Å². The highest BCUT2D eigenvalue weighted by atomic mass is 16.5. The van der Waals surface area contributed by atoms with E-state index in [0.29, 0.717) is 25.4 Å². The van der Waals surface area contributed by atoms with Crippen molar-refractivity contribution >= 4 is 11.9 Å². The molecule has 0 heterocycles. The summed E-state index contributed by atoms with van der Waals surface area (Å²) in [5, 5.41) is 0.